The van der Waals surface area contributed by atoms with E-state index in [1.54, 1.807) is 14.2 Å². The number of hydrogen-bond acceptors (Lipinski definition) is 6. The molecule has 2 fully saturated rings. The minimum atomic E-state index is 0.230. The molecule has 0 saturated carbocycles. The number of piperazine rings is 2. The lowest BCUT2D eigenvalue weighted by atomic mass is 9.93. The van der Waals surface area contributed by atoms with Gasteiger partial charge in [0.25, 0.3) is 0 Å². The molecule has 0 bridgehead atoms. The fraction of sp³-hybridized carbons (Fsp3) is 0.319. The van der Waals surface area contributed by atoms with Crippen LogP contribution in [-0.2, 0) is 0 Å². The Labute approximate surface area is 315 Å². The highest BCUT2D eigenvalue weighted by molar-refractivity contribution is 5.84. The SMILES string of the molecule is COc1cccc(C(c2ccc3ccccc3c2)N2CCN(C)CC2C)c1.COc1cccc(C(c2ccc3ccccc3c2)N2CCNC(C)C2)c1. The largest absolute Gasteiger partial charge is 0.497 e. The van der Waals surface area contributed by atoms with Gasteiger partial charge in [-0.15, -0.1) is 0 Å². The van der Waals surface area contributed by atoms with Crippen molar-refractivity contribution in [2.45, 2.75) is 38.0 Å². The molecule has 2 aliphatic rings. The Morgan fingerprint density at radius 2 is 1.08 bits per heavy atom. The quantitative estimate of drug-likeness (QED) is 0.171. The van der Waals surface area contributed by atoms with Crippen LogP contribution in [0.4, 0.5) is 0 Å². The van der Waals surface area contributed by atoms with Gasteiger partial charge in [0, 0.05) is 51.4 Å². The lowest BCUT2D eigenvalue weighted by Crippen LogP contribution is -2.51. The van der Waals surface area contributed by atoms with Gasteiger partial charge < -0.3 is 19.7 Å². The molecule has 2 heterocycles. The van der Waals surface area contributed by atoms with Gasteiger partial charge in [0.15, 0.2) is 0 Å². The number of ether oxygens (including phenoxy) is 2. The molecule has 53 heavy (non-hydrogen) atoms. The maximum atomic E-state index is 5.52. The van der Waals surface area contributed by atoms with Gasteiger partial charge in [-0.25, -0.2) is 0 Å². The van der Waals surface area contributed by atoms with E-state index in [1.165, 1.54) is 43.8 Å². The monoisotopic (exact) mass is 706 g/mol. The standard InChI is InChI=1S/C24H28N2O.C23H26N2O/c1-18-17-25(2)13-14-26(18)24(21-9-6-10-23(16-21)27-3)22-12-11-19-7-4-5-8-20(19)15-22;1-17-16-25(13-12-24-17)23(20-8-5-9-22(15-20)26-2)21-11-10-18-6-3-4-7-19(18)14-21/h4-12,15-16,18,24H,13-14,17H2,1-3H3;3-11,14-15,17,23-24H,12-13,16H2,1-2H3. The molecule has 6 nitrogen and oxygen atoms in total. The maximum Gasteiger partial charge on any atom is 0.119 e. The normalized spacial score (nSPS) is 19.6. The van der Waals surface area contributed by atoms with Crippen molar-refractivity contribution in [3.63, 3.8) is 0 Å². The van der Waals surface area contributed by atoms with Gasteiger partial charge in [-0.3, -0.25) is 9.80 Å². The summed E-state index contributed by atoms with van der Waals surface area (Å²) in [7, 11) is 5.68. The number of methoxy groups -OCH3 is 2. The first kappa shape index (κ1) is 36.6. The summed E-state index contributed by atoms with van der Waals surface area (Å²) >= 11 is 0. The second-order valence-corrected chi connectivity index (χ2v) is 14.8. The highest BCUT2D eigenvalue weighted by Crippen LogP contribution is 2.36. The van der Waals surface area contributed by atoms with Gasteiger partial charge in [-0.05, 0) is 101 Å². The van der Waals surface area contributed by atoms with Crippen molar-refractivity contribution < 1.29 is 9.47 Å². The molecule has 0 aromatic heterocycles. The van der Waals surface area contributed by atoms with Crippen molar-refractivity contribution in [1.29, 1.82) is 0 Å². The number of benzene rings is 6. The third-order valence-electron chi connectivity index (χ3n) is 11.0. The lowest BCUT2D eigenvalue weighted by Gasteiger charge is -2.43. The number of likely N-dealkylation sites (N-methyl/N-ethyl adjacent to an activating group) is 1. The Kier molecular flexibility index (Phi) is 11.7. The average molecular weight is 707 g/mol. The topological polar surface area (TPSA) is 40.2 Å². The van der Waals surface area contributed by atoms with Crippen LogP contribution in [0.1, 0.15) is 48.2 Å². The van der Waals surface area contributed by atoms with Crippen molar-refractivity contribution in [2.24, 2.45) is 0 Å². The van der Waals surface area contributed by atoms with Crippen LogP contribution in [0.3, 0.4) is 0 Å². The minimum absolute atomic E-state index is 0.230. The molecule has 8 rings (SSSR count). The Balaban J connectivity index is 0.000000164. The number of hydrogen-bond donors (Lipinski definition) is 1. The van der Waals surface area contributed by atoms with Gasteiger partial charge in [-0.1, -0.05) is 97.1 Å². The second-order valence-electron chi connectivity index (χ2n) is 14.8. The average Bonchev–Trinajstić information content (AvgIpc) is 3.19. The van der Waals surface area contributed by atoms with Gasteiger partial charge in [0.1, 0.15) is 11.5 Å². The van der Waals surface area contributed by atoms with E-state index in [4.69, 9.17) is 9.47 Å². The Morgan fingerprint density at radius 3 is 1.62 bits per heavy atom. The molecule has 4 atom stereocenters. The molecule has 274 valence electrons. The van der Waals surface area contributed by atoms with E-state index < -0.39 is 0 Å². The molecule has 6 aromatic carbocycles. The fourth-order valence-corrected chi connectivity index (χ4v) is 8.30. The third kappa shape index (κ3) is 8.58. The van der Waals surface area contributed by atoms with Crippen LogP contribution >= 0.6 is 0 Å². The lowest BCUT2D eigenvalue weighted by molar-refractivity contribution is 0.0746. The highest BCUT2D eigenvalue weighted by atomic mass is 16.5. The molecule has 0 radical (unpaired) electrons. The van der Waals surface area contributed by atoms with E-state index in [1.807, 2.05) is 12.1 Å². The highest BCUT2D eigenvalue weighted by Gasteiger charge is 2.31. The molecule has 2 saturated heterocycles. The number of nitrogens with zero attached hydrogens (tertiary/aromatic N) is 3. The molecule has 1 N–H and O–H groups in total. The van der Waals surface area contributed by atoms with Crippen molar-refractivity contribution in [3.05, 3.63) is 156 Å². The van der Waals surface area contributed by atoms with Crippen LogP contribution in [0.5, 0.6) is 11.5 Å². The number of fused-ring (bicyclic) bond motifs is 2. The molecular weight excluding hydrogens is 653 g/mol. The van der Waals surface area contributed by atoms with E-state index in [0.29, 0.717) is 12.1 Å². The maximum absolute atomic E-state index is 5.52. The van der Waals surface area contributed by atoms with Gasteiger partial charge in [0.2, 0.25) is 0 Å². The molecule has 4 unspecified atom stereocenters. The van der Waals surface area contributed by atoms with E-state index in [9.17, 15) is 0 Å². The van der Waals surface area contributed by atoms with Gasteiger partial charge in [0.05, 0.1) is 26.3 Å². The predicted octanol–water partition coefficient (Wildman–Crippen LogP) is 8.81. The summed E-state index contributed by atoms with van der Waals surface area (Å²) in [6, 6.07) is 49.4. The molecular formula is C47H54N4O2. The van der Waals surface area contributed by atoms with E-state index in [-0.39, 0.29) is 12.1 Å². The van der Waals surface area contributed by atoms with E-state index in [0.717, 1.165) is 50.8 Å². The van der Waals surface area contributed by atoms with E-state index >= 15 is 0 Å². The van der Waals surface area contributed by atoms with Crippen LogP contribution < -0.4 is 14.8 Å². The van der Waals surface area contributed by atoms with Gasteiger partial charge in [-0.2, -0.15) is 0 Å². The van der Waals surface area contributed by atoms with Crippen LogP contribution in [-0.4, -0.2) is 87.3 Å². The minimum Gasteiger partial charge on any atom is -0.497 e. The number of rotatable bonds is 8. The third-order valence-corrected chi connectivity index (χ3v) is 11.0. The summed E-state index contributed by atoms with van der Waals surface area (Å²) in [5.74, 6) is 1.83. The van der Waals surface area contributed by atoms with Crippen LogP contribution in [0.25, 0.3) is 21.5 Å². The smallest absolute Gasteiger partial charge is 0.119 e. The summed E-state index contributed by atoms with van der Waals surface area (Å²) in [6.07, 6.45) is 0. The molecule has 0 amide bonds. The molecule has 0 spiro atoms. The summed E-state index contributed by atoms with van der Waals surface area (Å²) in [5, 5.41) is 8.72. The zero-order valence-electron chi connectivity index (χ0n) is 31.9. The summed E-state index contributed by atoms with van der Waals surface area (Å²) in [4.78, 5) is 7.64. The van der Waals surface area contributed by atoms with Crippen molar-refractivity contribution in [2.75, 3.05) is 60.5 Å². The first-order valence-corrected chi connectivity index (χ1v) is 19.1. The molecule has 6 aromatic rings. The Hall–Kier alpha value is -4.72. The second kappa shape index (κ2) is 17.0. The van der Waals surface area contributed by atoms with Crippen molar-refractivity contribution in [3.8, 4) is 11.5 Å². The predicted molar refractivity (Wildman–Crippen MR) is 220 cm³/mol. The van der Waals surface area contributed by atoms with Crippen molar-refractivity contribution in [1.82, 2.24) is 20.0 Å². The number of nitrogens with one attached hydrogen (secondary N) is 1. The zero-order chi connectivity index (χ0) is 36.7. The van der Waals surface area contributed by atoms with Gasteiger partial charge >= 0.3 is 0 Å². The molecule has 0 aliphatic carbocycles. The van der Waals surface area contributed by atoms with Crippen molar-refractivity contribution >= 4 is 21.5 Å². The first-order chi connectivity index (χ1) is 25.9. The first-order valence-electron chi connectivity index (χ1n) is 19.1. The Bertz CT molecular complexity index is 2120. The van der Waals surface area contributed by atoms with Crippen LogP contribution in [0.2, 0.25) is 0 Å². The summed E-state index contributed by atoms with van der Waals surface area (Å²) in [6.45, 7) is 10.9. The van der Waals surface area contributed by atoms with E-state index in [2.05, 4.69) is 162 Å². The fourth-order valence-electron chi connectivity index (χ4n) is 8.30. The van der Waals surface area contributed by atoms with Crippen LogP contribution in [0.15, 0.2) is 133 Å². The molecule has 6 heteroatoms. The zero-order valence-corrected chi connectivity index (χ0v) is 31.9. The molecule has 2 aliphatic heterocycles. The Morgan fingerprint density at radius 1 is 0.547 bits per heavy atom. The summed E-state index contributed by atoms with van der Waals surface area (Å²) in [5.41, 5.74) is 5.26. The summed E-state index contributed by atoms with van der Waals surface area (Å²) < 4.78 is 11.0. The van der Waals surface area contributed by atoms with Crippen LogP contribution in [0, 0.1) is 0 Å².